The number of rotatable bonds is 4. The molecule has 1 amide bonds. The number of nitrogens with zero attached hydrogens (tertiary/aromatic N) is 2. The Kier molecular flexibility index (Phi) is 1.97. The van der Waals surface area contributed by atoms with Crippen molar-refractivity contribution in [3.8, 4) is 0 Å². The molecule has 0 unspecified atom stereocenters. The smallest absolute Gasteiger partial charge is 0.273 e. The first-order valence-corrected chi connectivity index (χ1v) is 5.51. The van der Waals surface area contributed by atoms with Crippen LogP contribution in [0.15, 0.2) is 6.20 Å². The maximum absolute atomic E-state index is 11.7. The van der Waals surface area contributed by atoms with Gasteiger partial charge in [-0.1, -0.05) is 0 Å². The zero-order chi connectivity index (χ0) is 10.3. The molecule has 2 saturated carbocycles. The Morgan fingerprint density at radius 2 is 2.07 bits per heavy atom. The van der Waals surface area contributed by atoms with E-state index < -0.39 is 0 Å². The van der Waals surface area contributed by atoms with E-state index in [2.05, 4.69) is 20.7 Å². The Labute approximate surface area is 87.6 Å². The van der Waals surface area contributed by atoms with Gasteiger partial charge in [-0.25, -0.2) is 0 Å². The number of carbonyl (C=O) groups excluding carboxylic acids is 1. The third-order valence-electron chi connectivity index (χ3n) is 3.21. The van der Waals surface area contributed by atoms with Crippen LogP contribution in [0.2, 0.25) is 0 Å². The largest absolute Gasteiger partial charge is 0.347 e. The molecule has 0 saturated heterocycles. The second-order valence-electron chi connectivity index (χ2n) is 4.53. The molecule has 0 spiro atoms. The molecule has 1 aromatic heterocycles. The van der Waals surface area contributed by atoms with Crippen molar-refractivity contribution in [1.82, 2.24) is 20.7 Å². The second-order valence-corrected chi connectivity index (χ2v) is 4.53. The van der Waals surface area contributed by atoms with Crippen LogP contribution in [0.4, 0.5) is 0 Å². The summed E-state index contributed by atoms with van der Waals surface area (Å²) in [6.07, 6.45) is 6.52. The summed E-state index contributed by atoms with van der Waals surface area (Å²) >= 11 is 0. The minimum atomic E-state index is -0.0902. The zero-order valence-corrected chi connectivity index (χ0v) is 8.44. The Bertz CT molecular complexity index is 342. The van der Waals surface area contributed by atoms with Gasteiger partial charge in [-0.3, -0.25) is 4.79 Å². The van der Waals surface area contributed by atoms with Crippen molar-refractivity contribution in [2.75, 3.05) is 0 Å². The minimum Gasteiger partial charge on any atom is -0.347 e. The average molecular weight is 206 g/mol. The number of nitrogens with one attached hydrogen (secondary N) is 2. The van der Waals surface area contributed by atoms with E-state index in [4.69, 9.17) is 0 Å². The highest BCUT2D eigenvalue weighted by molar-refractivity contribution is 5.92. The van der Waals surface area contributed by atoms with Crippen LogP contribution in [0.25, 0.3) is 0 Å². The molecule has 0 aliphatic heterocycles. The molecule has 0 aromatic carbocycles. The molecule has 0 radical (unpaired) electrons. The second kappa shape index (κ2) is 3.32. The number of amides is 1. The third kappa shape index (κ3) is 1.86. The molecular formula is C10H14N4O. The average Bonchev–Trinajstić information content (AvgIpc) is 3.15. The summed E-state index contributed by atoms with van der Waals surface area (Å²) in [5.74, 6) is 1.34. The predicted octanol–water partition coefficient (Wildman–Crippen LogP) is 0.723. The van der Waals surface area contributed by atoms with Crippen molar-refractivity contribution in [3.63, 3.8) is 0 Å². The van der Waals surface area contributed by atoms with E-state index in [9.17, 15) is 4.79 Å². The number of carbonyl (C=O) groups is 1. The monoisotopic (exact) mass is 206 g/mol. The lowest BCUT2D eigenvalue weighted by Gasteiger charge is -2.16. The van der Waals surface area contributed by atoms with Gasteiger partial charge in [0.15, 0.2) is 5.69 Å². The number of H-pyrrole nitrogens is 1. The van der Waals surface area contributed by atoms with E-state index in [1.165, 1.54) is 31.9 Å². The maximum atomic E-state index is 11.7. The van der Waals surface area contributed by atoms with Crippen LogP contribution in [-0.4, -0.2) is 27.4 Å². The molecule has 2 N–H and O–H groups in total. The molecule has 5 nitrogen and oxygen atoms in total. The van der Waals surface area contributed by atoms with E-state index >= 15 is 0 Å². The van der Waals surface area contributed by atoms with Gasteiger partial charge in [-0.05, 0) is 37.5 Å². The van der Waals surface area contributed by atoms with Gasteiger partial charge < -0.3 is 5.32 Å². The SMILES string of the molecule is O=C(NC(C1CC1)C1CC1)c1cn[nH]n1. The molecule has 0 atom stereocenters. The van der Waals surface area contributed by atoms with E-state index in [0.29, 0.717) is 23.6 Å². The van der Waals surface area contributed by atoms with Crippen molar-refractivity contribution in [2.24, 2.45) is 11.8 Å². The van der Waals surface area contributed by atoms with Crippen LogP contribution in [0.5, 0.6) is 0 Å². The van der Waals surface area contributed by atoms with E-state index in [-0.39, 0.29) is 5.91 Å². The number of aromatic nitrogens is 3. The van der Waals surface area contributed by atoms with E-state index in [1.807, 2.05) is 0 Å². The predicted molar refractivity (Wildman–Crippen MR) is 53.1 cm³/mol. The first kappa shape index (κ1) is 8.88. The van der Waals surface area contributed by atoms with Gasteiger partial charge in [0.2, 0.25) is 0 Å². The highest BCUT2D eigenvalue weighted by Gasteiger charge is 2.42. The number of hydrogen-bond acceptors (Lipinski definition) is 3. The van der Waals surface area contributed by atoms with Crippen molar-refractivity contribution < 1.29 is 4.79 Å². The fraction of sp³-hybridized carbons (Fsp3) is 0.700. The van der Waals surface area contributed by atoms with Gasteiger partial charge in [0.1, 0.15) is 0 Å². The lowest BCUT2D eigenvalue weighted by molar-refractivity contribution is 0.0921. The molecule has 15 heavy (non-hydrogen) atoms. The van der Waals surface area contributed by atoms with Crippen LogP contribution >= 0.6 is 0 Å². The molecule has 1 heterocycles. The Hall–Kier alpha value is -1.39. The summed E-state index contributed by atoms with van der Waals surface area (Å²) in [5, 5.41) is 12.9. The Balaban J connectivity index is 1.65. The van der Waals surface area contributed by atoms with Crippen molar-refractivity contribution >= 4 is 5.91 Å². The molecule has 1 aromatic rings. The van der Waals surface area contributed by atoms with E-state index in [0.717, 1.165) is 0 Å². The number of aromatic amines is 1. The van der Waals surface area contributed by atoms with Gasteiger partial charge in [0, 0.05) is 6.04 Å². The fourth-order valence-corrected chi connectivity index (χ4v) is 2.07. The van der Waals surface area contributed by atoms with Gasteiger partial charge >= 0.3 is 0 Å². The normalized spacial score (nSPS) is 20.6. The summed E-state index contributed by atoms with van der Waals surface area (Å²) in [4.78, 5) is 11.7. The summed E-state index contributed by atoms with van der Waals surface area (Å²) in [7, 11) is 0. The Morgan fingerprint density at radius 1 is 1.40 bits per heavy atom. The molecule has 2 fully saturated rings. The topological polar surface area (TPSA) is 70.7 Å². The molecule has 80 valence electrons. The quantitative estimate of drug-likeness (QED) is 0.762. The van der Waals surface area contributed by atoms with Crippen LogP contribution in [-0.2, 0) is 0 Å². The molecule has 0 bridgehead atoms. The van der Waals surface area contributed by atoms with Gasteiger partial charge in [0.25, 0.3) is 5.91 Å². The van der Waals surface area contributed by atoms with Crippen LogP contribution in [0.3, 0.4) is 0 Å². The standard InChI is InChI=1S/C10H14N4O/c15-10(8-5-11-14-13-8)12-9(6-1-2-6)7-3-4-7/h5-7,9H,1-4H2,(H,12,15)(H,11,13,14). The molecule has 2 aliphatic carbocycles. The minimum absolute atomic E-state index is 0.0902. The summed E-state index contributed by atoms with van der Waals surface area (Å²) in [5.41, 5.74) is 0.390. The zero-order valence-electron chi connectivity index (χ0n) is 8.44. The maximum Gasteiger partial charge on any atom is 0.273 e. The number of hydrogen-bond donors (Lipinski definition) is 2. The van der Waals surface area contributed by atoms with Crippen LogP contribution in [0.1, 0.15) is 36.2 Å². The fourth-order valence-electron chi connectivity index (χ4n) is 2.07. The van der Waals surface area contributed by atoms with Gasteiger partial charge in [-0.15, -0.1) is 0 Å². The van der Waals surface area contributed by atoms with Crippen LogP contribution in [0, 0.1) is 11.8 Å². The summed E-state index contributed by atoms with van der Waals surface area (Å²) in [6.45, 7) is 0. The Morgan fingerprint density at radius 3 is 2.53 bits per heavy atom. The third-order valence-corrected chi connectivity index (χ3v) is 3.21. The first-order valence-electron chi connectivity index (χ1n) is 5.51. The lowest BCUT2D eigenvalue weighted by atomic mass is 10.1. The molecule has 2 aliphatic rings. The molecule has 3 rings (SSSR count). The van der Waals surface area contributed by atoms with Crippen molar-refractivity contribution in [3.05, 3.63) is 11.9 Å². The summed E-state index contributed by atoms with van der Waals surface area (Å²) < 4.78 is 0. The van der Waals surface area contributed by atoms with Crippen molar-refractivity contribution in [2.45, 2.75) is 31.7 Å². The highest BCUT2D eigenvalue weighted by Crippen LogP contribution is 2.44. The molecule has 5 heteroatoms. The van der Waals surface area contributed by atoms with Gasteiger partial charge in [-0.2, -0.15) is 15.4 Å². The van der Waals surface area contributed by atoms with Crippen molar-refractivity contribution in [1.29, 1.82) is 0 Å². The lowest BCUT2D eigenvalue weighted by Crippen LogP contribution is -2.38. The highest BCUT2D eigenvalue weighted by atomic mass is 16.2. The first-order chi connectivity index (χ1) is 7.34. The summed E-state index contributed by atoms with van der Waals surface area (Å²) in [6, 6.07) is 0.384. The molecular weight excluding hydrogens is 192 g/mol. The van der Waals surface area contributed by atoms with Gasteiger partial charge in [0.05, 0.1) is 6.20 Å². The van der Waals surface area contributed by atoms with E-state index in [1.54, 1.807) is 0 Å². The van der Waals surface area contributed by atoms with Crippen LogP contribution < -0.4 is 5.32 Å².